The highest BCUT2D eigenvalue weighted by Gasteiger charge is 2.36. The van der Waals surface area contributed by atoms with E-state index in [1.807, 2.05) is 48.5 Å². The topological polar surface area (TPSA) is 107 Å². The van der Waals surface area contributed by atoms with Crippen LogP contribution in [0.2, 0.25) is 0 Å². The van der Waals surface area contributed by atoms with Crippen molar-refractivity contribution in [2.75, 3.05) is 0 Å². The fourth-order valence-electron chi connectivity index (χ4n) is 2.74. The molecule has 5 nitrogen and oxygen atoms in total. The third-order valence-electron chi connectivity index (χ3n) is 3.77. The van der Waals surface area contributed by atoms with Crippen LogP contribution in [0, 0.1) is 39.9 Å². The Labute approximate surface area is 127 Å². The van der Waals surface area contributed by atoms with Crippen LogP contribution in [0.15, 0.2) is 47.9 Å². The first kappa shape index (κ1) is 13.5. The molecule has 0 aromatic heterocycles. The number of hydrogen-bond donors (Lipinski definition) is 1. The van der Waals surface area contributed by atoms with E-state index < -0.39 is 11.8 Å². The number of hydrogen-bond acceptors (Lipinski definition) is 5. The van der Waals surface area contributed by atoms with E-state index in [0.717, 1.165) is 10.8 Å². The molecule has 0 bridgehead atoms. The van der Waals surface area contributed by atoms with Crippen LogP contribution < -0.4 is 10.5 Å². The molecule has 2 aromatic carbocycles. The van der Waals surface area contributed by atoms with Gasteiger partial charge in [0.2, 0.25) is 5.88 Å². The Morgan fingerprint density at radius 2 is 1.77 bits per heavy atom. The number of nitrogens with zero attached hydrogens (tertiary/aromatic N) is 3. The zero-order valence-corrected chi connectivity index (χ0v) is 11.4. The van der Waals surface area contributed by atoms with Gasteiger partial charge in [0, 0.05) is 10.9 Å². The van der Waals surface area contributed by atoms with Gasteiger partial charge < -0.3 is 10.5 Å². The lowest BCUT2D eigenvalue weighted by Gasteiger charge is -2.27. The Morgan fingerprint density at radius 3 is 2.45 bits per heavy atom. The van der Waals surface area contributed by atoms with Crippen molar-refractivity contribution in [1.29, 1.82) is 15.8 Å². The quantitative estimate of drug-likeness (QED) is 0.867. The van der Waals surface area contributed by atoms with Crippen LogP contribution in [0.1, 0.15) is 11.5 Å². The molecule has 0 saturated heterocycles. The Kier molecular flexibility index (Phi) is 3.14. The second-order valence-corrected chi connectivity index (χ2v) is 4.91. The summed E-state index contributed by atoms with van der Waals surface area (Å²) in [5.41, 5.74) is 6.61. The van der Waals surface area contributed by atoms with Crippen LogP contribution in [-0.4, -0.2) is 0 Å². The normalized spacial score (nSPS) is 16.4. The second kappa shape index (κ2) is 5.13. The molecule has 1 aliphatic heterocycles. The molecule has 5 heteroatoms. The summed E-state index contributed by atoms with van der Waals surface area (Å²) < 4.78 is 5.63. The summed E-state index contributed by atoms with van der Waals surface area (Å²) in [6.07, 6.45) is 0. The fourth-order valence-corrected chi connectivity index (χ4v) is 2.74. The van der Waals surface area contributed by atoms with E-state index >= 15 is 0 Å². The lowest BCUT2D eigenvalue weighted by atomic mass is 9.80. The van der Waals surface area contributed by atoms with Crippen molar-refractivity contribution in [3.05, 3.63) is 53.4 Å². The van der Waals surface area contributed by atoms with Gasteiger partial charge in [0.15, 0.2) is 0 Å². The van der Waals surface area contributed by atoms with Gasteiger partial charge in [0.05, 0.1) is 23.6 Å². The van der Waals surface area contributed by atoms with Gasteiger partial charge in [-0.05, 0) is 5.39 Å². The SMILES string of the molecule is N#CC1=C(N)Oc2c(ccc3ccccc23)C1C(C#N)C#N. The van der Waals surface area contributed by atoms with Gasteiger partial charge in [-0.15, -0.1) is 0 Å². The number of nitrogens with two attached hydrogens (primary N) is 1. The molecular weight excluding hydrogens is 276 g/mol. The number of ether oxygens (including phenoxy) is 1. The Balaban J connectivity index is 2.33. The first-order chi connectivity index (χ1) is 10.7. The fraction of sp³-hybridized carbons (Fsp3) is 0.118. The minimum Gasteiger partial charge on any atom is -0.440 e. The minimum atomic E-state index is -1.00. The monoisotopic (exact) mass is 286 g/mol. The van der Waals surface area contributed by atoms with Gasteiger partial charge in [-0.1, -0.05) is 36.4 Å². The van der Waals surface area contributed by atoms with Crippen molar-refractivity contribution < 1.29 is 4.74 Å². The summed E-state index contributed by atoms with van der Waals surface area (Å²) in [4.78, 5) is 0. The molecule has 0 fully saturated rings. The average molecular weight is 286 g/mol. The Bertz CT molecular complexity index is 910. The van der Waals surface area contributed by atoms with Crippen molar-refractivity contribution in [2.24, 2.45) is 11.7 Å². The third kappa shape index (κ3) is 1.84. The summed E-state index contributed by atoms with van der Waals surface area (Å²) >= 11 is 0. The zero-order valence-electron chi connectivity index (χ0n) is 11.4. The molecule has 22 heavy (non-hydrogen) atoms. The number of benzene rings is 2. The van der Waals surface area contributed by atoms with Crippen LogP contribution in [0.4, 0.5) is 0 Å². The maximum absolute atomic E-state index is 9.32. The largest absolute Gasteiger partial charge is 0.440 e. The molecule has 0 amide bonds. The van der Waals surface area contributed by atoms with E-state index in [1.54, 1.807) is 6.07 Å². The first-order valence-corrected chi connectivity index (χ1v) is 6.59. The molecule has 1 unspecified atom stereocenters. The smallest absolute Gasteiger partial charge is 0.205 e. The van der Waals surface area contributed by atoms with E-state index in [1.165, 1.54) is 0 Å². The van der Waals surface area contributed by atoms with E-state index in [2.05, 4.69) is 0 Å². The molecule has 2 N–H and O–H groups in total. The van der Waals surface area contributed by atoms with Gasteiger partial charge >= 0.3 is 0 Å². The van der Waals surface area contributed by atoms with E-state index in [0.29, 0.717) is 11.3 Å². The standard InChI is InChI=1S/C17H10N4O/c18-7-11(8-19)15-13-6-5-10-3-1-2-4-12(10)16(13)22-17(21)14(15)9-20/h1-6,11,15H,21H2. The molecule has 0 radical (unpaired) electrons. The lowest BCUT2D eigenvalue weighted by Crippen LogP contribution is -2.24. The molecule has 0 aliphatic carbocycles. The minimum absolute atomic E-state index is 0.0492. The summed E-state index contributed by atoms with van der Waals surface area (Å²) in [6.45, 7) is 0. The predicted octanol–water partition coefficient (Wildman–Crippen LogP) is 2.67. The van der Waals surface area contributed by atoms with Crippen LogP contribution in [-0.2, 0) is 0 Å². The number of nitriles is 3. The van der Waals surface area contributed by atoms with Crippen LogP contribution in [0.5, 0.6) is 5.75 Å². The van der Waals surface area contributed by atoms with Crippen molar-refractivity contribution in [1.82, 2.24) is 0 Å². The molecule has 0 saturated carbocycles. The maximum Gasteiger partial charge on any atom is 0.205 e. The maximum atomic E-state index is 9.32. The van der Waals surface area contributed by atoms with Gasteiger partial charge in [0.1, 0.15) is 17.7 Å². The van der Waals surface area contributed by atoms with Crippen LogP contribution >= 0.6 is 0 Å². The molecule has 1 heterocycles. The van der Waals surface area contributed by atoms with Crippen molar-refractivity contribution in [3.8, 4) is 24.0 Å². The zero-order chi connectivity index (χ0) is 15.7. The second-order valence-electron chi connectivity index (χ2n) is 4.91. The molecule has 2 aromatic rings. The molecule has 3 rings (SSSR count). The molecule has 1 aliphatic rings. The average Bonchev–Trinajstić information content (AvgIpc) is 2.55. The Morgan fingerprint density at radius 1 is 1.05 bits per heavy atom. The number of fused-ring (bicyclic) bond motifs is 3. The molecule has 1 atom stereocenters. The van der Waals surface area contributed by atoms with Crippen molar-refractivity contribution in [2.45, 2.75) is 5.92 Å². The van der Waals surface area contributed by atoms with Gasteiger partial charge in [-0.2, -0.15) is 15.8 Å². The summed E-state index contributed by atoms with van der Waals surface area (Å²) in [5.74, 6) is -1.24. The van der Waals surface area contributed by atoms with Crippen LogP contribution in [0.3, 0.4) is 0 Å². The number of allylic oxidation sites excluding steroid dienone is 1. The highest BCUT2D eigenvalue weighted by Crippen LogP contribution is 2.45. The molecule has 104 valence electrons. The van der Waals surface area contributed by atoms with E-state index in [4.69, 9.17) is 10.5 Å². The summed E-state index contributed by atoms with van der Waals surface area (Å²) in [6, 6.07) is 17.1. The third-order valence-corrected chi connectivity index (χ3v) is 3.77. The predicted molar refractivity (Wildman–Crippen MR) is 78.9 cm³/mol. The highest BCUT2D eigenvalue weighted by molar-refractivity contribution is 5.90. The van der Waals surface area contributed by atoms with E-state index in [9.17, 15) is 15.8 Å². The van der Waals surface area contributed by atoms with Crippen LogP contribution in [0.25, 0.3) is 10.8 Å². The molecular formula is C17H10N4O. The van der Waals surface area contributed by atoms with Gasteiger partial charge in [0.25, 0.3) is 0 Å². The summed E-state index contributed by atoms with van der Waals surface area (Å²) in [7, 11) is 0. The first-order valence-electron chi connectivity index (χ1n) is 6.59. The highest BCUT2D eigenvalue weighted by atomic mass is 16.5. The summed E-state index contributed by atoms with van der Waals surface area (Å²) in [5, 5.41) is 29.6. The van der Waals surface area contributed by atoms with Gasteiger partial charge in [-0.25, -0.2) is 0 Å². The Hall–Kier alpha value is -3.49. The lowest BCUT2D eigenvalue weighted by molar-refractivity contribution is 0.388. The molecule has 0 spiro atoms. The van der Waals surface area contributed by atoms with Gasteiger partial charge in [-0.3, -0.25) is 0 Å². The van der Waals surface area contributed by atoms with Crippen molar-refractivity contribution >= 4 is 10.8 Å². The number of rotatable bonds is 1. The van der Waals surface area contributed by atoms with Crippen molar-refractivity contribution in [3.63, 3.8) is 0 Å². The van der Waals surface area contributed by atoms with E-state index in [-0.39, 0.29) is 11.5 Å².